The molecule has 0 aromatic heterocycles. The predicted molar refractivity (Wildman–Crippen MR) is 91.4 cm³/mol. The van der Waals surface area contributed by atoms with Crippen LogP contribution in [0.5, 0.6) is 0 Å². The zero-order valence-electron chi connectivity index (χ0n) is 15.6. The van der Waals surface area contributed by atoms with Crippen LogP contribution in [0, 0.1) is 11.3 Å². The van der Waals surface area contributed by atoms with Crippen molar-refractivity contribution in [3.8, 4) is 0 Å². The van der Waals surface area contributed by atoms with Crippen LogP contribution in [0.4, 0.5) is 4.79 Å². The second-order valence-electron chi connectivity index (χ2n) is 7.04. The average molecular weight is 341 g/mol. The molecular formula is C17H31N3O4. The van der Waals surface area contributed by atoms with Crippen LogP contribution < -0.4 is 5.32 Å². The molecule has 0 unspecified atom stereocenters. The number of rotatable bonds is 6. The lowest BCUT2D eigenvalue weighted by atomic mass is 9.89. The first kappa shape index (κ1) is 20.3. The number of carbonyl (C=O) groups excluding carboxylic acids is 3. The van der Waals surface area contributed by atoms with Crippen LogP contribution in [0.1, 0.15) is 41.0 Å². The average Bonchev–Trinajstić information content (AvgIpc) is 2.54. The number of hydrogen-bond donors (Lipinski definition) is 1. The highest BCUT2D eigenvalue weighted by Gasteiger charge is 2.40. The van der Waals surface area contributed by atoms with E-state index in [-0.39, 0.29) is 17.9 Å². The molecule has 1 heterocycles. The first-order valence-corrected chi connectivity index (χ1v) is 8.69. The first-order valence-electron chi connectivity index (χ1n) is 8.69. The largest absolute Gasteiger partial charge is 0.450 e. The van der Waals surface area contributed by atoms with Crippen LogP contribution in [-0.4, -0.2) is 67.0 Å². The fourth-order valence-corrected chi connectivity index (χ4v) is 2.49. The highest BCUT2D eigenvalue weighted by Crippen LogP contribution is 2.21. The molecule has 1 aliphatic rings. The fraction of sp³-hybridized carbons (Fsp3) is 0.824. The quantitative estimate of drug-likeness (QED) is 0.742. The van der Waals surface area contributed by atoms with Gasteiger partial charge >= 0.3 is 6.09 Å². The van der Waals surface area contributed by atoms with Gasteiger partial charge in [-0.15, -0.1) is 0 Å². The minimum atomic E-state index is -1.11. The van der Waals surface area contributed by atoms with Gasteiger partial charge in [-0.05, 0) is 33.1 Å². The van der Waals surface area contributed by atoms with Gasteiger partial charge in [-0.1, -0.05) is 13.8 Å². The molecule has 0 aliphatic carbocycles. The van der Waals surface area contributed by atoms with Gasteiger partial charge in [0.15, 0.2) is 0 Å². The van der Waals surface area contributed by atoms with E-state index >= 15 is 0 Å². The van der Waals surface area contributed by atoms with Crippen LogP contribution in [0.15, 0.2) is 0 Å². The molecule has 7 heteroatoms. The van der Waals surface area contributed by atoms with Gasteiger partial charge in [-0.3, -0.25) is 9.59 Å². The molecule has 7 nitrogen and oxygen atoms in total. The molecular weight excluding hydrogens is 310 g/mol. The van der Waals surface area contributed by atoms with E-state index in [2.05, 4.69) is 19.2 Å². The van der Waals surface area contributed by atoms with Crippen LogP contribution in [0.2, 0.25) is 0 Å². The topological polar surface area (TPSA) is 79.0 Å². The van der Waals surface area contributed by atoms with E-state index in [0.717, 1.165) is 6.42 Å². The van der Waals surface area contributed by atoms with Crippen molar-refractivity contribution >= 4 is 17.9 Å². The van der Waals surface area contributed by atoms with Gasteiger partial charge in [-0.2, -0.15) is 0 Å². The van der Waals surface area contributed by atoms with Crippen LogP contribution in [-0.2, 0) is 14.3 Å². The van der Waals surface area contributed by atoms with E-state index in [9.17, 15) is 14.4 Å². The summed E-state index contributed by atoms with van der Waals surface area (Å²) in [4.78, 5) is 40.0. The molecule has 1 aliphatic heterocycles. The molecule has 0 saturated carbocycles. The van der Waals surface area contributed by atoms with Crippen LogP contribution in [0.3, 0.4) is 0 Å². The highest BCUT2D eigenvalue weighted by atomic mass is 16.6. The van der Waals surface area contributed by atoms with E-state index in [1.54, 1.807) is 30.6 Å². The molecule has 1 saturated heterocycles. The molecule has 1 N–H and O–H groups in total. The maximum absolute atomic E-state index is 12.7. The summed E-state index contributed by atoms with van der Waals surface area (Å²) < 4.78 is 4.97. The van der Waals surface area contributed by atoms with E-state index < -0.39 is 5.41 Å². The number of nitrogens with zero attached hydrogens (tertiary/aromatic N) is 2. The maximum Gasteiger partial charge on any atom is 0.409 e. The number of ether oxygens (including phenoxy) is 1. The Labute approximate surface area is 144 Å². The summed E-state index contributed by atoms with van der Waals surface area (Å²) in [6.07, 6.45) is 0.532. The highest BCUT2D eigenvalue weighted by molar-refractivity contribution is 6.04. The van der Waals surface area contributed by atoms with Crippen LogP contribution in [0.25, 0.3) is 0 Å². The Bertz CT molecular complexity index is 455. The Balaban J connectivity index is 2.53. The summed E-state index contributed by atoms with van der Waals surface area (Å²) in [5, 5.41) is 2.85. The van der Waals surface area contributed by atoms with Gasteiger partial charge < -0.3 is 19.9 Å². The van der Waals surface area contributed by atoms with Crippen molar-refractivity contribution in [3.05, 3.63) is 0 Å². The number of carbonyl (C=O) groups is 3. The molecule has 1 fully saturated rings. The summed E-state index contributed by atoms with van der Waals surface area (Å²) >= 11 is 0. The maximum atomic E-state index is 12.7. The Hall–Kier alpha value is -1.79. The molecule has 0 spiro atoms. The third-order valence-electron chi connectivity index (χ3n) is 4.20. The van der Waals surface area contributed by atoms with Crippen molar-refractivity contribution in [2.45, 2.75) is 41.0 Å². The zero-order chi connectivity index (χ0) is 18.3. The Morgan fingerprint density at radius 2 is 1.62 bits per heavy atom. The number of piperazine rings is 1. The molecule has 0 bridgehead atoms. The fourth-order valence-electron chi connectivity index (χ4n) is 2.49. The van der Waals surface area contributed by atoms with Gasteiger partial charge in [0.25, 0.3) is 0 Å². The lowest BCUT2D eigenvalue weighted by Crippen LogP contribution is -2.56. The minimum Gasteiger partial charge on any atom is -0.450 e. The third-order valence-corrected chi connectivity index (χ3v) is 4.20. The number of amides is 3. The van der Waals surface area contributed by atoms with Gasteiger partial charge in [0.2, 0.25) is 11.8 Å². The van der Waals surface area contributed by atoms with Gasteiger partial charge in [0.05, 0.1) is 6.61 Å². The Kier molecular flexibility index (Phi) is 7.51. The van der Waals surface area contributed by atoms with E-state index in [1.165, 1.54) is 0 Å². The van der Waals surface area contributed by atoms with Gasteiger partial charge in [0, 0.05) is 32.7 Å². The summed E-state index contributed by atoms with van der Waals surface area (Å²) in [6.45, 7) is 11.8. The zero-order valence-corrected chi connectivity index (χ0v) is 15.6. The summed E-state index contributed by atoms with van der Waals surface area (Å²) in [6, 6.07) is 0. The number of hydrogen-bond acceptors (Lipinski definition) is 4. The Morgan fingerprint density at radius 1 is 1.08 bits per heavy atom. The smallest absolute Gasteiger partial charge is 0.409 e. The molecule has 3 amide bonds. The summed E-state index contributed by atoms with van der Waals surface area (Å²) in [5.74, 6) is 0.0501. The van der Waals surface area contributed by atoms with E-state index in [1.807, 2.05) is 0 Å². The molecule has 0 radical (unpaired) electrons. The van der Waals surface area contributed by atoms with Crippen molar-refractivity contribution < 1.29 is 19.1 Å². The number of nitrogens with one attached hydrogen (secondary N) is 1. The van der Waals surface area contributed by atoms with Crippen molar-refractivity contribution in [2.24, 2.45) is 11.3 Å². The minimum absolute atomic E-state index is 0.201. The normalized spacial score (nSPS) is 15.4. The van der Waals surface area contributed by atoms with Gasteiger partial charge in [0.1, 0.15) is 5.41 Å². The van der Waals surface area contributed by atoms with Crippen molar-refractivity contribution in [3.63, 3.8) is 0 Å². The molecule has 0 atom stereocenters. The van der Waals surface area contributed by atoms with E-state index in [4.69, 9.17) is 4.74 Å². The standard InChI is InChI=1S/C17H31N3O4/c1-6-24-16(23)20-11-9-19(10-12-20)15(22)17(4,5)14(21)18-8-7-13(2)3/h13H,6-12H2,1-5H3,(H,18,21). The molecule has 1 rings (SSSR count). The lowest BCUT2D eigenvalue weighted by molar-refractivity contribution is -0.149. The van der Waals surface area contributed by atoms with Crippen molar-refractivity contribution in [1.82, 2.24) is 15.1 Å². The predicted octanol–water partition coefficient (Wildman–Crippen LogP) is 1.48. The van der Waals surface area contributed by atoms with Crippen molar-refractivity contribution in [2.75, 3.05) is 39.3 Å². The summed E-state index contributed by atoms with van der Waals surface area (Å²) in [7, 11) is 0. The molecule has 0 aromatic rings. The Morgan fingerprint density at radius 3 is 2.12 bits per heavy atom. The SMILES string of the molecule is CCOC(=O)N1CCN(C(=O)C(C)(C)C(=O)NCCC(C)C)CC1. The second kappa shape index (κ2) is 8.89. The van der Waals surface area contributed by atoms with Crippen molar-refractivity contribution in [1.29, 1.82) is 0 Å². The van der Waals surface area contributed by atoms with Gasteiger partial charge in [-0.25, -0.2) is 4.79 Å². The summed E-state index contributed by atoms with van der Waals surface area (Å²) in [5.41, 5.74) is -1.11. The monoisotopic (exact) mass is 341 g/mol. The van der Waals surface area contributed by atoms with E-state index in [0.29, 0.717) is 45.2 Å². The lowest BCUT2D eigenvalue weighted by Gasteiger charge is -2.37. The third kappa shape index (κ3) is 5.39. The molecule has 24 heavy (non-hydrogen) atoms. The first-order chi connectivity index (χ1) is 11.2. The second-order valence-corrected chi connectivity index (χ2v) is 7.04. The molecule has 138 valence electrons. The molecule has 0 aromatic carbocycles. The van der Waals surface area contributed by atoms with Crippen LogP contribution >= 0.6 is 0 Å².